The van der Waals surface area contributed by atoms with Gasteiger partial charge in [-0.25, -0.2) is 14.7 Å². The molecule has 4 heterocycles. The molecule has 0 radical (unpaired) electrons. The number of nitrogens with zero attached hydrogens (tertiary/aromatic N) is 6. The number of thioether (sulfide) groups is 1. The van der Waals surface area contributed by atoms with Crippen molar-refractivity contribution < 1.29 is 14.2 Å². The summed E-state index contributed by atoms with van der Waals surface area (Å²) in [6.45, 7) is 8.07. The van der Waals surface area contributed by atoms with Crippen LogP contribution < -0.4 is 15.0 Å². The van der Waals surface area contributed by atoms with Crippen LogP contribution >= 0.6 is 35.0 Å². The summed E-state index contributed by atoms with van der Waals surface area (Å²) < 4.78 is 20.7. The highest BCUT2D eigenvalue weighted by Gasteiger charge is 2.45. The maximum Gasteiger partial charge on any atom is 0.217 e. The summed E-state index contributed by atoms with van der Waals surface area (Å²) >= 11 is 14.7. The standard InChI is InChI=1S/C37H43Cl2N7O3S/c1-2-3-16-44-17-4-19-50-36(44)43-29-8-10-30(11-9-29)46-18-15-40-21-35(46)27-5-12-31(13-6-27)47-22-32-23-48-37(49-32,24-45-26-41-25-42-45)33-14-7-28(38)20-34(33)39/h5-14,20,25-26,32,35,40H,2-4,15-19,21-24H2,1H3. The molecule has 3 fully saturated rings. The Labute approximate surface area is 308 Å². The summed E-state index contributed by atoms with van der Waals surface area (Å²) in [4.78, 5) is 14.0. The monoisotopic (exact) mass is 735 g/mol. The Kier molecular flexibility index (Phi) is 11.5. The summed E-state index contributed by atoms with van der Waals surface area (Å²) in [6, 6.07) is 22.6. The average molecular weight is 737 g/mol. The lowest BCUT2D eigenvalue weighted by molar-refractivity contribution is -0.190. The van der Waals surface area contributed by atoms with Crippen LogP contribution in [0.3, 0.4) is 0 Å². The number of rotatable bonds is 12. The fraction of sp³-hybridized carbons (Fsp3) is 0.432. The largest absolute Gasteiger partial charge is 0.491 e. The van der Waals surface area contributed by atoms with Crippen LogP contribution in [0.4, 0.5) is 11.4 Å². The number of aliphatic imine (C=N–C) groups is 1. The van der Waals surface area contributed by atoms with Crippen LogP contribution in [0.2, 0.25) is 10.0 Å². The molecule has 0 bridgehead atoms. The van der Waals surface area contributed by atoms with Gasteiger partial charge in [0.25, 0.3) is 0 Å². The van der Waals surface area contributed by atoms with Gasteiger partial charge in [-0.15, -0.1) is 0 Å². The van der Waals surface area contributed by atoms with Gasteiger partial charge in [0.15, 0.2) is 5.17 Å². The first kappa shape index (κ1) is 35.1. The van der Waals surface area contributed by atoms with E-state index in [-0.39, 0.29) is 18.7 Å². The van der Waals surface area contributed by atoms with Crippen LogP contribution in [0.15, 0.2) is 84.4 Å². The Bertz CT molecular complexity index is 1730. The van der Waals surface area contributed by atoms with E-state index in [1.165, 1.54) is 36.8 Å². The molecule has 0 saturated carbocycles. The lowest BCUT2D eigenvalue weighted by Crippen LogP contribution is -2.46. The number of hydrogen-bond acceptors (Lipinski definition) is 9. The molecule has 13 heteroatoms. The molecular formula is C37H43Cl2N7O3S. The third-order valence-corrected chi connectivity index (χ3v) is 10.9. The van der Waals surface area contributed by atoms with Gasteiger partial charge in [0.05, 0.1) is 23.4 Å². The fourth-order valence-corrected chi connectivity index (χ4v) is 8.21. The Morgan fingerprint density at radius 3 is 2.72 bits per heavy atom. The van der Waals surface area contributed by atoms with Crippen LogP contribution in [0.1, 0.15) is 43.4 Å². The van der Waals surface area contributed by atoms with Gasteiger partial charge >= 0.3 is 0 Å². The molecule has 3 aromatic carbocycles. The number of halogens is 2. The zero-order chi connectivity index (χ0) is 34.3. The number of anilines is 1. The van der Waals surface area contributed by atoms with Crippen molar-refractivity contribution in [1.29, 1.82) is 0 Å². The second kappa shape index (κ2) is 16.4. The minimum Gasteiger partial charge on any atom is -0.491 e. The number of ether oxygens (including phenoxy) is 3. The van der Waals surface area contributed by atoms with Gasteiger partial charge in [-0.3, -0.25) is 0 Å². The SMILES string of the molecule is CCCCN1CCCSC1=Nc1ccc(N2CCNCC2c2ccc(OCC3COC(Cn4cncn4)(c4ccc(Cl)cc4Cl)O3)cc2)cc1. The predicted octanol–water partition coefficient (Wildman–Crippen LogP) is 7.31. The molecule has 3 saturated heterocycles. The van der Waals surface area contributed by atoms with Crippen molar-refractivity contribution in [3.63, 3.8) is 0 Å². The number of benzene rings is 3. The van der Waals surface area contributed by atoms with Crippen LogP contribution in [-0.4, -0.2) is 82.6 Å². The molecule has 10 nitrogen and oxygen atoms in total. The molecule has 3 atom stereocenters. The van der Waals surface area contributed by atoms with E-state index in [1.807, 2.05) is 30.0 Å². The van der Waals surface area contributed by atoms with E-state index < -0.39 is 5.79 Å². The van der Waals surface area contributed by atoms with Crippen molar-refractivity contribution in [3.05, 3.63) is 101 Å². The first-order chi connectivity index (χ1) is 24.5. The molecule has 50 heavy (non-hydrogen) atoms. The van der Waals surface area contributed by atoms with Gasteiger partial charge in [0, 0.05) is 54.8 Å². The fourth-order valence-electron chi connectivity index (χ4n) is 6.66. The summed E-state index contributed by atoms with van der Waals surface area (Å²) in [5, 5.41) is 9.98. The van der Waals surface area contributed by atoms with Crippen molar-refractivity contribution in [3.8, 4) is 5.75 Å². The lowest BCUT2D eigenvalue weighted by Gasteiger charge is -2.38. The minimum absolute atomic E-state index is 0.196. The number of aromatic nitrogens is 3. The molecule has 0 spiro atoms. The summed E-state index contributed by atoms with van der Waals surface area (Å²) in [7, 11) is 0. The van der Waals surface area contributed by atoms with Crippen molar-refractivity contribution in [1.82, 2.24) is 25.0 Å². The summed E-state index contributed by atoms with van der Waals surface area (Å²) in [5.74, 6) is 0.752. The van der Waals surface area contributed by atoms with Crippen molar-refractivity contribution >= 4 is 51.5 Å². The van der Waals surface area contributed by atoms with Gasteiger partial charge < -0.3 is 29.3 Å². The van der Waals surface area contributed by atoms with E-state index in [9.17, 15) is 0 Å². The second-order valence-electron chi connectivity index (χ2n) is 12.8. The van der Waals surface area contributed by atoms with E-state index in [4.69, 9.17) is 42.4 Å². The van der Waals surface area contributed by atoms with Crippen molar-refractivity contribution in [2.75, 3.05) is 56.6 Å². The third-order valence-electron chi connectivity index (χ3n) is 9.24. The van der Waals surface area contributed by atoms with E-state index >= 15 is 0 Å². The molecule has 0 aliphatic carbocycles. The summed E-state index contributed by atoms with van der Waals surface area (Å²) in [6.07, 6.45) is 6.39. The van der Waals surface area contributed by atoms with Gasteiger partial charge in [0.2, 0.25) is 5.79 Å². The zero-order valence-electron chi connectivity index (χ0n) is 28.2. The van der Waals surface area contributed by atoms with E-state index in [1.54, 1.807) is 23.1 Å². The van der Waals surface area contributed by atoms with E-state index in [0.717, 1.165) is 55.1 Å². The molecule has 3 unspecified atom stereocenters. The number of hydrogen-bond donors (Lipinski definition) is 1. The number of unbranched alkanes of at least 4 members (excludes halogenated alkanes) is 1. The predicted molar refractivity (Wildman–Crippen MR) is 201 cm³/mol. The summed E-state index contributed by atoms with van der Waals surface area (Å²) in [5.41, 5.74) is 4.12. The molecular weight excluding hydrogens is 693 g/mol. The van der Waals surface area contributed by atoms with Crippen molar-refractivity contribution in [2.45, 2.75) is 50.7 Å². The highest BCUT2D eigenvalue weighted by Crippen LogP contribution is 2.40. The van der Waals surface area contributed by atoms with Crippen LogP contribution in [0.5, 0.6) is 5.75 Å². The Hall–Kier alpha value is -3.32. The van der Waals surface area contributed by atoms with E-state index in [0.29, 0.717) is 28.8 Å². The maximum absolute atomic E-state index is 6.61. The molecule has 0 amide bonds. The Morgan fingerprint density at radius 2 is 1.94 bits per heavy atom. The topological polar surface area (TPSA) is 89.3 Å². The average Bonchev–Trinajstić information content (AvgIpc) is 3.81. The van der Waals surface area contributed by atoms with Gasteiger partial charge in [-0.2, -0.15) is 5.10 Å². The number of piperazine rings is 1. The normalized spacial score (nSPS) is 23.5. The lowest BCUT2D eigenvalue weighted by atomic mass is 10.0. The molecule has 3 aliphatic heterocycles. The molecule has 3 aliphatic rings. The Morgan fingerprint density at radius 1 is 1.08 bits per heavy atom. The van der Waals surface area contributed by atoms with Crippen molar-refractivity contribution in [2.24, 2.45) is 4.99 Å². The van der Waals surface area contributed by atoms with Gasteiger partial charge in [0.1, 0.15) is 37.7 Å². The highest BCUT2D eigenvalue weighted by atomic mass is 35.5. The molecule has 4 aromatic rings. The zero-order valence-corrected chi connectivity index (χ0v) is 30.5. The molecule has 1 aromatic heterocycles. The Balaban J connectivity index is 0.990. The third kappa shape index (κ3) is 8.25. The molecule has 264 valence electrons. The second-order valence-corrected chi connectivity index (χ2v) is 14.7. The minimum atomic E-state index is -1.15. The highest BCUT2D eigenvalue weighted by molar-refractivity contribution is 8.13. The van der Waals surface area contributed by atoms with Gasteiger partial charge in [-0.05, 0) is 66.9 Å². The molecule has 7 rings (SSSR count). The van der Waals surface area contributed by atoms with Crippen LogP contribution in [0, 0.1) is 0 Å². The smallest absolute Gasteiger partial charge is 0.217 e. The maximum atomic E-state index is 6.61. The van der Waals surface area contributed by atoms with Gasteiger partial charge in [-0.1, -0.05) is 66.5 Å². The quantitative estimate of drug-likeness (QED) is 0.161. The molecule has 1 N–H and O–H groups in total. The van der Waals surface area contributed by atoms with Crippen LogP contribution in [-0.2, 0) is 21.8 Å². The van der Waals surface area contributed by atoms with E-state index in [2.05, 4.69) is 68.5 Å². The first-order valence-corrected chi connectivity index (χ1v) is 19.1. The van der Waals surface area contributed by atoms with Crippen LogP contribution in [0.25, 0.3) is 0 Å². The first-order valence-electron chi connectivity index (χ1n) is 17.4. The number of nitrogens with one attached hydrogen (secondary N) is 1. The number of amidine groups is 1.